The molecule has 0 N–H and O–H groups in total. The summed E-state index contributed by atoms with van der Waals surface area (Å²) >= 11 is 8.03. The number of aromatic nitrogens is 3. The maximum atomic E-state index is 13.1. The largest absolute Gasteiger partial charge is 0.444 e. The van der Waals surface area contributed by atoms with Gasteiger partial charge in [-0.05, 0) is 50.3 Å². The van der Waals surface area contributed by atoms with Crippen LogP contribution in [0.15, 0.2) is 6.07 Å². The van der Waals surface area contributed by atoms with Gasteiger partial charge in [-0.15, -0.1) is 0 Å². The minimum absolute atomic E-state index is 0.170. The summed E-state index contributed by atoms with van der Waals surface area (Å²) in [5.41, 5.74) is 0.507. The molecule has 3 rings (SSSR count). The summed E-state index contributed by atoms with van der Waals surface area (Å²) in [6, 6.07) is 1.37. The second kappa shape index (κ2) is 8.21. The fourth-order valence-corrected chi connectivity index (χ4v) is 4.23. The Morgan fingerprint density at radius 1 is 1.33 bits per heavy atom. The molecule has 1 aliphatic heterocycles. The van der Waals surface area contributed by atoms with Crippen molar-refractivity contribution in [2.45, 2.75) is 52.1 Å². The first kappa shape index (κ1) is 23.2. The van der Waals surface area contributed by atoms with Crippen molar-refractivity contribution in [1.29, 1.82) is 0 Å². The number of halogens is 5. The minimum atomic E-state index is -4.43. The third kappa shape index (κ3) is 5.21. The van der Waals surface area contributed by atoms with Gasteiger partial charge >= 0.3 is 12.3 Å². The highest BCUT2D eigenvalue weighted by atomic mass is 127. The summed E-state index contributed by atoms with van der Waals surface area (Å²) in [6.45, 7) is 7.19. The molecule has 0 saturated carbocycles. The van der Waals surface area contributed by atoms with Gasteiger partial charge in [-0.1, -0.05) is 11.6 Å². The number of alkyl halides is 3. The van der Waals surface area contributed by atoms with E-state index in [0.29, 0.717) is 34.5 Å². The summed E-state index contributed by atoms with van der Waals surface area (Å²) in [5, 5.41) is 4.20. The van der Waals surface area contributed by atoms with Crippen LogP contribution in [0.5, 0.6) is 0 Å². The highest BCUT2D eigenvalue weighted by molar-refractivity contribution is 14.1. The number of fused-ring (bicyclic) bond motifs is 1. The molecule has 0 bridgehead atoms. The molecule has 0 spiro atoms. The topological polar surface area (TPSA) is 63.5 Å². The zero-order chi connectivity index (χ0) is 22.4. The lowest BCUT2D eigenvalue weighted by atomic mass is 10.1. The van der Waals surface area contributed by atoms with Crippen LogP contribution < -0.4 is 4.90 Å². The first-order chi connectivity index (χ1) is 13.7. The number of hydrogen-bond acceptors (Lipinski definition) is 5. The van der Waals surface area contributed by atoms with Crippen LogP contribution in [0, 0.1) is 3.70 Å². The van der Waals surface area contributed by atoms with Crippen LogP contribution in [0.2, 0.25) is 5.15 Å². The maximum absolute atomic E-state index is 13.1. The quantitative estimate of drug-likeness (QED) is 0.395. The third-order valence-corrected chi connectivity index (χ3v) is 5.44. The van der Waals surface area contributed by atoms with E-state index in [1.807, 2.05) is 34.4 Å². The van der Waals surface area contributed by atoms with Crippen molar-refractivity contribution >= 4 is 57.0 Å². The van der Waals surface area contributed by atoms with Crippen molar-refractivity contribution < 1.29 is 22.7 Å². The van der Waals surface area contributed by atoms with E-state index >= 15 is 0 Å². The standard InChI is InChI=1S/C18H22ClF3IN5O2/c1-10-8-26(16(29)30-17(2,3)4)5-6-27(10)11-7-12(19)24-13-14(11)28(25-15(13)23)9-18(20,21)22/h7,10H,5-6,8-9H2,1-4H3/t10-/m1/s1. The molecule has 166 valence electrons. The smallest absolute Gasteiger partial charge is 0.410 e. The molecule has 1 aliphatic rings. The zero-order valence-electron chi connectivity index (χ0n) is 16.9. The van der Waals surface area contributed by atoms with E-state index in [4.69, 9.17) is 16.3 Å². The number of rotatable bonds is 2. The van der Waals surface area contributed by atoms with Gasteiger partial charge in [-0.3, -0.25) is 4.68 Å². The molecule has 1 saturated heterocycles. The lowest BCUT2D eigenvalue weighted by Crippen LogP contribution is -2.54. The Kier molecular flexibility index (Phi) is 6.34. The van der Waals surface area contributed by atoms with E-state index in [1.54, 1.807) is 31.7 Å². The van der Waals surface area contributed by atoms with Gasteiger partial charge < -0.3 is 14.5 Å². The van der Waals surface area contributed by atoms with E-state index in [9.17, 15) is 18.0 Å². The van der Waals surface area contributed by atoms with Gasteiger partial charge in [0.15, 0.2) is 0 Å². The number of amides is 1. The Hall–Kier alpha value is -1.50. The fraction of sp³-hybridized carbons (Fsp3) is 0.611. The number of nitrogens with zero attached hydrogens (tertiary/aromatic N) is 5. The Balaban J connectivity index is 1.94. The molecule has 0 aliphatic carbocycles. The van der Waals surface area contributed by atoms with E-state index in [1.165, 1.54) is 0 Å². The number of carbonyl (C=O) groups is 1. The lowest BCUT2D eigenvalue weighted by Gasteiger charge is -2.41. The van der Waals surface area contributed by atoms with Crippen LogP contribution >= 0.6 is 34.2 Å². The van der Waals surface area contributed by atoms with Crippen LogP contribution in [0.1, 0.15) is 27.7 Å². The van der Waals surface area contributed by atoms with Gasteiger partial charge in [0.25, 0.3) is 0 Å². The molecule has 1 fully saturated rings. The normalized spacial score (nSPS) is 18.2. The van der Waals surface area contributed by atoms with E-state index < -0.39 is 24.4 Å². The molecule has 3 heterocycles. The average molecular weight is 560 g/mol. The highest BCUT2D eigenvalue weighted by Crippen LogP contribution is 2.34. The Morgan fingerprint density at radius 2 is 2.00 bits per heavy atom. The van der Waals surface area contributed by atoms with Gasteiger partial charge in [0.05, 0.1) is 5.69 Å². The predicted molar refractivity (Wildman–Crippen MR) is 116 cm³/mol. The molecule has 1 atom stereocenters. The van der Waals surface area contributed by atoms with E-state index in [0.717, 1.165) is 4.68 Å². The molecular weight excluding hydrogens is 538 g/mol. The molecule has 0 unspecified atom stereocenters. The van der Waals surface area contributed by atoms with Crippen molar-refractivity contribution in [3.8, 4) is 0 Å². The first-order valence-corrected chi connectivity index (χ1v) is 10.7. The van der Waals surface area contributed by atoms with Crippen LogP contribution in [0.3, 0.4) is 0 Å². The molecule has 1 amide bonds. The second-order valence-corrected chi connectivity index (χ2v) is 9.60. The van der Waals surface area contributed by atoms with Crippen molar-refractivity contribution in [2.75, 3.05) is 24.5 Å². The first-order valence-electron chi connectivity index (χ1n) is 9.29. The SMILES string of the molecule is C[C@@H]1CN(C(=O)OC(C)(C)C)CCN1c1cc(Cl)nc2c(I)nn(CC(F)(F)F)c12. The van der Waals surface area contributed by atoms with Crippen LogP contribution in [-0.4, -0.2) is 63.2 Å². The maximum Gasteiger partial charge on any atom is 0.410 e. The Morgan fingerprint density at radius 3 is 2.57 bits per heavy atom. The van der Waals surface area contributed by atoms with Gasteiger partial charge in [0.2, 0.25) is 0 Å². The lowest BCUT2D eigenvalue weighted by molar-refractivity contribution is -0.141. The van der Waals surface area contributed by atoms with Crippen LogP contribution in [0.4, 0.5) is 23.7 Å². The number of ether oxygens (including phenoxy) is 1. The summed E-state index contributed by atoms with van der Waals surface area (Å²) in [5.74, 6) is 0. The second-order valence-electron chi connectivity index (χ2n) is 8.19. The monoisotopic (exact) mass is 559 g/mol. The zero-order valence-corrected chi connectivity index (χ0v) is 19.8. The number of carbonyl (C=O) groups excluding carboxylic acids is 1. The minimum Gasteiger partial charge on any atom is -0.444 e. The molecule has 0 radical (unpaired) electrons. The molecular formula is C18H22ClF3IN5O2. The van der Waals surface area contributed by atoms with Crippen molar-refractivity contribution in [3.05, 3.63) is 14.9 Å². The molecule has 2 aromatic rings. The van der Waals surface area contributed by atoms with Gasteiger partial charge in [-0.25, -0.2) is 9.78 Å². The van der Waals surface area contributed by atoms with Gasteiger partial charge in [0, 0.05) is 31.7 Å². The Bertz CT molecular complexity index is 960. The summed E-state index contributed by atoms with van der Waals surface area (Å²) in [4.78, 5) is 20.1. The van der Waals surface area contributed by atoms with Crippen molar-refractivity contribution in [2.24, 2.45) is 0 Å². The molecule has 7 nitrogen and oxygen atoms in total. The summed E-state index contributed by atoms with van der Waals surface area (Å²) in [6.07, 6.45) is -4.84. The third-order valence-electron chi connectivity index (χ3n) is 4.52. The number of pyridine rings is 1. The number of anilines is 1. The van der Waals surface area contributed by atoms with E-state index in [2.05, 4.69) is 10.1 Å². The van der Waals surface area contributed by atoms with Crippen LogP contribution in [-0.2, 0) is 11.3 Å². The van der Waals surface area contributed by atoms with E-state index in [-0.39, 0.29) is 16.7 Å². The molecule has 12 heteroatoms. The van der Waals surface area contributed by atoms with Crippen LogP contribution in [0.25, 0.3) is 11.0 Å². The van der Waals surface area contributed by atoms with Crippen molar-refractivity contribution in [3.63, 3.8) is 0 Å². The number of piperazine rings is 1. The fourth-order valence-electron chi connectivity index (χ4n) is 3.41. The van der Waals surface area contributed by atoms with Crippen molar-refractivity contribution in [1.82, 2.24) is 19.7 Å². The number of hydrogen-bond donors (Lipinski definition) is 0. The van der Waals surface area contributed by atoms with Gasteiger partial charge in [-0.2, -0.15) is 18.3 Å². The summed E-state index contributed by atoms with van der Waals surface area (Å²) < 4.78 is 46.0. The van der Waals surface area contributed by atoms with Gasteiger partial charge in [0.1, 0.15) is 32.0 Å². The predicted octanol–water partition coefficient (Wildman–Crippen LogP) is 4.70. The summed E-state index contributed by atoms with van der Waals surface area (Å²) in [7, 11) is 0. The highest BCUT2D eigenvalue weighted by Gasteiger charge is 2.34. The average Bonchev–Trinajstić information content (AvgIpc) is 2.86. The molecule has 0 aromatic carbocycles. The molecule has 2 aromatic heterocycles. The molecule has 30 heavy (non-hydrogen) atoms. The Labute approximate surface area is 190 Å².